The van der Waals surface area contributed by atoms with Crippen molar-refractivity contribution in [3.63, 3.8) is 0 Å². The Morgan fingerprint density at radius 3 is 2.48 bits per heavy atom. The third kappa shape index (κ3) is 5.36. The maximum atomic E-state index is 12.5. The van der Waals surface area contributed by atoms with E-state index in [0.717, 1.165) is 31.2 Å². The number of hydrogen-bond donors (Lipinski definition) is 2. The molecule has 0 bridgehead atoms. The minimum Gasteiger partial charge on any atom is -0.481 e. The molecule has 1 saturated carbocycles. The highest BCUT2D eigenvalue weighted by Gasteiger charge is 2.27. The van der Waals surface area contributed by atoms with E-state index in [1.807, 2.05) is 37.3 Å². The van der Waals surface area contributed by atoms with Crippen LogP contribution < -0.4 is 5.32 Å². The van der Waals surface area contributed by atoms with Crippen LogP contribution in [0.3, 0.4) is 0 Å². The molecule has 0 heterocycles. The standard InChI is InChI=1S/C18H25NO4/c1-2-16(23-14-10-6-7-11-14)18(22)19-15(12-17(20)21)13-8-4-3-5-9-13/h3-5,8-9,14-16H,2,6-7,10-12H2,1H3,(H,19,22)(H,20,21). The van der Waals surface area contributed by atoms with Crippen LogP contribution in [0.15, 0.2) is 30.3 Å². The van der Waals surface area contributed by atoms with Crippen molar-refractivity contribution in [2.24, 2.45) is 0 Å². The van der Waals surface area contributed by atoms with Gasteiger partial charge in [-0.2, -0.15) is 0 Å². The van der Waals surface area contributed by atoms with Gasteiger partial charge in [0.2, 0.25) is 5.91 Å². The van der Waals surface area contributed by atoms with Crippen molar-refractivity contribution in [3.8, 4) is 0 Å². The van der Waals surface area contributed by atoms with Crippen molar-refractivity contribution in [1.82, 2.24) is 5.32 Å². The molecular weight excluding hydrogens is 294 g/mol. The number of ether oxygens (including phenoxy) is 1. The lowest BCUT2D eigenvalue weighted by atomic mass is 10.0. The zero-order valence-electron chi connectivity index (χ0n) is 13.5. The quantitative estimate of drug-likeness (QED) is 0.772. The Bertz CT molecular complexity index is 511. The van der Waals surface area contributed by atoms with Gasteiger partial charge in [-0.15, -0.1) is 0 Å². The van der Waals surface area contributed by atoms with E-state index in [4.69, 9.17) is 9.84 Å². The van der Waals surface area contributed by atoms with Crippen molar-refractivity contribution in [1.29, 1.82) is 0 Å². The predicted octanol–water partition coefficient (Wildman–Crippen LogP) is 3.06. The summed E-state index contributed by atoms with van der Waals surface area (Å²) in [6.45, 7) is 1.91. The number of carboxylic acid groups (broad SMARTS) is 1. The molecule has 2 unspecified atom stereocenters. The summed E-state index contributed by atoms with van der Waals surface area (Å²) in [7, 11) is 0. The number of carbonyl (C=O) groups is 2. The molecule has 126 valence electrons. The zero-order chi connectivity index (χ0) is 16.7. The van der Waals surface area contributed by atoms with Gasteiger partial charge < -0.3 is 15.2 Å². The Morgan fingerprint density at radius 1 is 1.26 bits per heavy atom. The molecule has 1 amide bonds. The molecule has 2 rings (SSSR count). The highest BCUT2D eigenvalue weighted by molar-refractivity contribution is 5.82. The predicted molar refractivity (Wildman–Crippen MR) is 87.0 cm³/mol. The van der Waals surface area contributed by atoms with E-state index in [0.29, 0.717) is 6.42 Å². The third-order valence-corrected chi connectivity index (χ3v) is 4.22. The Morgan fingerprint density at radius 2 is 1.91 bits per heavy atom. The molecule has 5 heteroatoms. The van der Waals surface area contributed by atoms with Crippen molar-refractivity contribution in [3.05, 3.63) is 35.9 Å². The number of benzene rings is 1. The highest BCUT2D eigenvalue weighted by atomic mass is 16.5. The van der Waals surface area contributed by atoms with Gasteiger partial charge in [-0.25, -0.2) is 0 Å². The lowest BCUT2D eigenvalue weighted by Crippen LogP contribution is -2.40. The van der Waals surface area contributed by atoms with E-state index in [9.17, 15) is 9.59 Å². The SMILES string of the molecule is CCC(OC1CCCC1)C(=O)NC(CC(=O)O)c1ccccc1. The molecule has 0 aliphatic heterocycles. The van der Waals surface area contributed by atoms with E-state index < -0.39 is 18.1 Å². The first kappa shape index (κ1) is 17.5. The van der Waals surface area contributed by atoms with Crippen molar-refractivity contribution in [2.45, 2.75) is 63.7 Å². The molecule has 1 aromatic rings. The molecule has 2 N–H and O–H groups in total. The fraction of sp³-hybridized carbons (Fsp3) is 0.556. The summed E-state index contributed by atoms with van der Waals surface area (Å²) in [5.41, 5.74) is 0.791. The van der Waals surface area contributed by atoms with Gasteiger partial charge in [-0.3, -0.25) is 9.59 Å². The smallest absolute Gasteiger partial charge is 0.305 e. The lowest BCUT2D eigenvalue weighted by molar-refractivity contribution is -0.140. The monoisotopic (exact) mass is 319 g/mol. The Hall–Kier alpha value is -1.88. The summed E-state index contributed by atoms with van der Waals surface area (Å²) < 4.78 is 5.90. The van der Waals surface area contributed by atoms with Crippen LogP contribution in [0.5, 0.6) is 0 Å². The number of carbonyl (C=O) groups excluding carboxylic acids is 1. The maximum Gasteiger partial charge on any atom is 0.305 e. The summed E-state index contributed by atoms with van der Waals surface area (Å²) in [5.74, 6) is -1.17. The van der Waals surface area contributed by atoms with E-state index >= 15 is 0 Å². The Kier molecular flexibility index (Phi) is 6.59. The summed E-state index contributed by atoms with van der Waals surface area (Å²) in [4.78, 5) is 23.6. The molecule has 5 nitrogen and oxygen atoms in total. The van der Waals surface area contributed by atoms with E-state index in [-0.39, 0.29) is 18.4 Å². The molecule has 23 heavy (non-hydrogen) atoms. The number of amides is 1. The first-order chi connectivity index (χ1) is 11.1. The van der Waals surface area contributed by atoms with Gasteiger partial charge in [-0.1, -0.05) is 50.1 Å². The van der Waals surface area contributed by atoms with Crippen LogP contribution in [0, 0.1) is 0 Å². The van der Waals surface area contributed by atoms with Gasteiger partial charge in [0, 0.05) is 0 Å². The molecule has 0 radical (unpaired) electrons. The van der Waals surface area contributed by atoms with Crippen LogP contribution in [-0.2, 0) is 14.3 Å². The number of aliphatic carboxylic acids is 1. The number of carboxylic acids is 1. The second-order valence-corrected chi connectivity index (χ2v) is 6.01. The summed E-state index contributed by atoms with van der Waals surface area (Å²) in [5, 5.41) is 11.9. The topological polar surface area (TPSA) is 75.6 Å². The fourth-order valence-corrected chi connectivity index (χ4v) is 2.98. The summed E-state index contributed by atoms with van der Waals surface area (Å²) in [6, 6.07) is 8.65. The largest absolute Gasteiger partial charge is 0.481 e. The Labute approximate surface area is 137 Å². The van der Waals surface area contributed by atoms with Gasteiger partial charge in [0.25, 0.3) is 0 Å². The van der Waals surface area contributed by atoms with E-state index in [1.165, 1.54) is 0 Å². The molecule has 0 aromatic heterocycles. The van der Waals surface area contributed by atoms with Crippen LogP contribution in [0.1, 0.15) is 57.1 Å². The third-order valence-electron chi connectivity index (χ3n) is 4.22. The van der Waals surface area contributed by atoms with Crippen LogP contribution >= 0.6 is 0 Å². The van der Waals surface area contributed by atoms with Crippen molar-refractivity contribution in [2.75, 3.05) is 0 Å². The first-order valence-electron chi connectivity index (χ1n) is 8.32. The average molecular weight is 319 g/mol. The molecule has 1 aliphatic rings. The van der Waals surface area contributed by atoms with Crippen LogP contribution in [0.4, 0.5) is 0 Å². The number of hydrogen-bond acceptors (Lipinski definition) is 3. The van der Waals surface area contributed by atoms with Crippen molar-refractivity contribution >= 4 is 11.9 Å². The second kappa shape index (κ2) is 8.67. The van der Waals surface area contributed by atoms with Gasteiger partial charge in [0.15, 0.2) is 0 Å². The van der Waals surface area contributed by atoms with Crippen LogP contribution in [-0.4, -0.2) is 29.2 Å². The molecular formula is C18H25NO4. The molecule has 1 fully saturated rings. The number of nitrogens with one attached hydrogen (secondary N) is 1. The van der Waals surface area contributed by atoms with Crippen LogP contribution in [0.2, 0.25) is 0 Å². The lowest BCUT2D eigenvalue weighted by Gasteiger charge is -2.24. The minimum absolute atomic E-state index is 0.143. The molecule has 0 saturated heterocycles. The zero-order valence-corrected chi connectivity index (χ0v) is 13.5. The second-order valence-electron chi connectivity index (χ2n) is 6.01. The fourth-order valence-electron chi connectivity index (χ4n) is 2.98. The molecule has 1 aromatic carbocycles. The number of rotatable bonds is 8. The van der Waals surface area contributed by atoms with Crippen LogP contribution in [0.25, 0.3) is 0 Å². The van der Waals surface area contributed by atoms with Gasteiger partial charge >= 0.3 is 5.97 Å². The first-order valence-corrected chi connectivity index (χ1v) is 8.32. The van der Waals surface area contributed by atoms with Gasteiger partial charge in [-0.05, 0) is 24.8 Å². The van der Waals surface area contributed by atoms with E-state index in [2.05, 4.69) is 5.32 Å². The molecule has 1 aliphatic carbocycles. The normalized spacial score (nSPS) is 17.6. The van der Waals surface area contributed by atoms with Gasteiger partial charge in [0.05, 0.1) is 18.6 Å². The molecule has 0 spiro atoms. The summed E-state index contributed by atoms with van der Waals surface area (Å²) in [6.07, 6.45) is 4.37. The van der Waals surface area contributed by atoms with Crippen molar-refractivity contribution < 1.29 is 19.4 Å². The average Bonchev–Trinajstić information content (AvgIpc) is 3.05. The minimum atomic E-state index is -0.941. The highest BCUT2D eigenvalue weighted by Crippen LogP contribution is 2.24. The Balaban J connectivity index is 2.01. The molecule has 2 atom stereocenters. The maximum absolute atomic E-state index is 12.5. The van der Waals surface area contributed by atoms with Gasteiger partial charge in [0.1, 0.15) is 6.10 Å². The van der Waals surface area contributed by atoms with E-state index in [1.54, 1.807) is 0 Å². The summed E-state index contributed by atoms with van der Waals surface area (Å²) >= 11 is 0.